The molecule has 1 rings (SSSR count). The average molecular weight is 154 g/mol. The third-order valence-corrected chi connectivity index (χ3v) is 1.55. The number of aromatic nitrogens is 2. The molecule has 3 N–H and O–H groups in total. The van der Waals surface area contributed by atoms with Gasteiger partial charge < -0.3 is 15.6 Å². The summed E-state index contributed by atoms with van der Waals surface area (Å²) in [6, 6.07) is 0. The van der Waals surface area contributed by atoms with Gasteiger partial charge in [0.05, 0.1) is 6.33 Å². The van der Waals surface area contributed by atoms with Crippen molar-refractivity contribution in [1.29, 1.82) is 0 Å². The Morgan fingerprint density at radius 1 is 1.64 bits per heavy atom. The van der Waals surface area contributed by atoms with E-state index in [1.54, 1.807) is 6.33 Å². The third kappa shape index (κ3) is 1.45. The van der Waals surface area contributed by atoms with Crippen molar-refractivity contribution in [3.05, 3.63) is 6.33 Å². The number of hydrogen-bond acceptors (Lipinski definition) is 3. The van der Waals surface area contributed by atoms with Crippen molar-refractivity contribution in [3.8, 4) is 0 Å². The molecule has 4 nitrogen and oxygen atoms in total. The maximum Gasteiger partial charge on any atom is 0.166 e. The van der Waals surface area contributed by atoms with Crippen LogP contribution in [0.3, 0.4) is 0 Å². The molecule has 0 saturated heterocycles. The van der Waals surface area contributed by atoms with E-state index in [1.165, 1.54) is 0 Å². The van der Waals surface area contributed by atoms with Crippen molar-refractivity contribution in [2.45, 2.75) is 20.4 Å². The predicted octanol–water partition coefficient (Wildman–Crippen LogP) is 0.917. The van der Waals surface area contributed by atoms with E-state index in [0.29, 0.717) is 5.82 Å². The number of imidazole rings is 1. The Morgan fingerprint density at radius 2 is 2.36 bits per heavy atom. The molecular weight excluding hydrogens is 140 g/mol. The van der Waals surface area contributed by atoms with Gasteiger partial charge in [-0.25, -0.2) is 4.98 Å². The number of aryl methyl sites for hydroxylation is 1. The Kier molecular flexibility index (Phi) is 2.36. The van der Waals surface area contributed by atoms with Gasteiger partial charge in [-0.2, -0.15) is 0 Å². The van der Waals surface area contributed by atoms with Crippen molar-refractivity contribution in [1.82, 2.24) is 9.55 Å². The van der Waals surface area contributed by atoms with Crippen LogP contribution < -0.4 is 11.1 Å². The van der Waals surface area contributed by atoms with Crippen molar-refractivity contribution in [2.75, 3.05) is 17.6 Å². The normalized spacial score (nSPS) is 10.0. The summed E-state index contributed by atoms with van der Waals surface area (Å²) in [5.74, 6) is 1.50. The summed E-state index contributed by atoms with van der Waals surface area (Å²) in [7, 11) is 0. The Balaban J connectivity index is 2.88. The summed E-state index contributed by atoms with van der Waals surface area (Å²) in [6.45, 7) is 5.86. The summed E-state index contributed by atoms with van der Waals surface area (Å²) in [4.78, 5) is 3.98. The van der Waals surface area contributed by atoms with Crippen molar-refractivity contribution in [2.24, 2.45) is 0 Å². The SMILES string of the molecule is CCNc1c(N)ncn1CC. The van der Waals surface area contributed by atoms with Gasteiger partial charge in [-0.15, -0.1) is 0 Å². The lowest BCUT2D eigenvalue weighted by Gasteiger charge is -2.05. The molecule has 4 heteroatoms. The molecule has 11 heavy (non-hydrogen) atoms. The number of rotatable bonds is 3. The second-order valence-electron chi connectivity index (χ2n) is 2.29. The van der Waals surface area contributed by atoms with Gasteiger partial charge in [0.15, 0.2) is 11.6 Å². The lowest BCUT2D eigenvalue weighted by molar-refractivity contribution is 0.765. The van der Waals surface area contributed by atoms with Crippen molar-refractivity contribution >= 4 is 11.6 Å². The smallest absolute Gasteiger partial charge is 0.166 e. The topological polar surface area (TPSA) is 55.9 Å². The fraction of sp³-hybridized carbons (Fsp3) is 0.571. The van der Waals surface area contributed by atoms with Gasteiger partial charge in [0.25, 0.3) is 0 Å². The monoisotopic (exact) mass is 154 g/mol. The molecule has 0 atom stereocenters. The van der Waals surface area contributed by atoms with Gasteiger partial charge in [0, 0.05) is 13.1 Å². The van der Waals surface area contributed by atoms with Gasteiger partial charge in [-0.1, -0.05) is 0 Å². The number of anilines is 2. The molecule has 0 bridgehead atoms. The fourth-order valence-corrected chi connectivity index (χ4v) is 0.997. The second kappa shape index (κ2) is 3.27. The van der Waals surface area contributed by atoms with Crippen LogP contribution in [0.15, 0.2) is 6.33 Å². The van der Waals surface area contributed by atoms with Crippen LogP contribution in [0.4, 0.5) is 11.6 Å². The molecule has 0 fully saturated rings. The molecule has 0 aliphatic rings. The number of nitrogen functional groups attached to an aromatic ring is 1. The minimum Gasteiger partial charge on any atom is -0.381 e. The standard InChI is InChI=1S/C7H14N4/c1-3-9-7-6(8)10-5-11(7)4-2/h5,9H,3-4,8H2,1-2H3. The fourth-order valence-electron chi connectivity index (χ4n) is 0.997. The molecule has 0 spiro atoms. The molecule has 0 amide bonds. The number of nitrogens with one attached hydrogen (secondary N) is 1. The highest BCUT2D eigenvalue weighted by Crippen LogP contribution is 2.15. The summed E-state index contributed by atoms with van der Waals surface area (Å²) >= 11 is 0. The molecule has 62 valence electrons. The summed E-state index contributed by atoms with van der Waals surface area (Å²) < 4.78 is 1.98. The first-order chi connectivity index (χ1) is 5.29. The van der Waals surface area contributed by atoms with Gasteiger partial charge in [-0.3, -0.25) is 0 Å². The molecule has 0 saturated carbocycles. The number of nitrogens with zero attached hydrogens (tertiary/aromatic N) is 2. The number of hydrogen-bond donors (Lipinski definition) is 2. The molecule has 1 heterocycles. The maximum absolute atomic E-state index is 5.61. The van der Waals surface area contributed by atoms with E-state index in [4.69, 9.17) is 5.73 Å². The zero-order valence-electron chi connectivity index (χ0n) is 6.96. The molecule has 0 unspecified atom stereocenters. The predicted molar refractivity (Wildman–Crippen MR) is 46.5 cm³/mol. The Bertz CT molecular complexity index is 228. The van der Waals surface area contributed by atoms with Crippen LogP contribution in [0.2, 0.25) is 0 Å². The largest absolute Gasteiger partial charge is 0.381 e. The van der Waals surface area contributed by atoms with Crippen molar-refractivity contribution in [3.63, 3.8) is 0 Å². The van der Waals surface area contributed by atoms with Crippen molar-refractivity contribution < 1.29 is 0 Å². The minimum atomic E-state index is 0.578. The molecular formula is C7H14N4. The molecule has 0 aromatic carbocycles. The summed E-state index contributed by atoms with van der Waals surface area (Å²) in [5.41, 5.74) is 5.61. The van der Waals surface area contributed by atoms with Crippen LogP contribution in [0.25, 0.3) is 0 Å². The summed E-state index contributed by atoms with van der Waals surface area (Å²) in [6.07, 6.45) is 1.74. The molecule has 1 aromatic heterocycles. The van der Waals surface area contributed by atoms with Gasteiger partial charge in [-0.05, 0) is 13.8 Å². The molecule has 0 aliphatic carbocycles. The van der Waals surface area contributed by atoms with E-state index >= 15 is 0 Å². The van der Waals surface area contributed by atoms with E-state index in [-0.39, 0.29) is 0 Å². The van der Waals surface area contributed by atoms with Crippen LogP contribution in [-0.4, -0.2) is 16.1 Å². The van der Waals surface area contributed by atoms with Crippen LogP contribution in [0.5, 0.6) is 0 Å². The third-order valence-electron chi connectivity index (χ3n) is 1.55. The van der Waals surface area contributed by atoms with E-state index < -0.39 is 0 Å². The first-order valence-electron chi connectivity index (χ1n) is 3.84. The highest BCUT2D eigenvalue weighted by atomic mass is 15.2. The first-order valence-corrected chi connectivity index (χ1v) is 3.84. The lowest BCUT2D eigenvalue weighted by atomic mass is 10.5. The van der Waals surface area contributed by atoms with Gasteiger partial charge >= 0.3 is 0 Å². The van der Waals surface area contributed by atoms with Crippen LogP contribution in [0.1, 0.15) is 13.8 Å². The minimum absolute atomic E-state index is 0.578. The van der Waals surface area contributed by atoms with E-state index in [2.05, 4.69) is 17.2 Å². The Labute approximate surface area is 66.4 Å². The van der Waals surface area contributed by atoms with E-state index in [0.717, 1.165) is 18.9 Å². The molecule has 0 radical (unpaired) electrons. The first kappa shape index (κ1) is 7.91. The summed E-state index contributed by atoms with van der Waals surface area (Å²) in [5, 5.41) is 3.15. The quantitative estimate of drug-likeness (QED) is 0.680. The lowest BCUT2D eigenvalue weighted by Crippen LogP contribution is -2.05. The van der Waals surface area contributed by atoms with Crippen LogP contribution >= 0.6 is 0 Å². The highest BCUT2D eigenvalue weighted by Gasteiger charge is 2.03. The van der Waals surface area contributed by atoms with Crippen LogP contribution in [0, 0.1) is 0 Å². The maximum atomic E-state index is 5.61. The Hall–Kier alpha value is -1.19. The zero-order valence-corrected chi connectivity index (χ0v) is 6.96. The molecule has 1 aromatic rings. The second-order valence-corrected chi connectivity index (χ2v) is 2.29. The zero-order chi connectivity index (χ0) is 8.27. The van der Waals surface area contributed by atoms with Crippen LogP contribution in [-0.2, 0) is 6.54 Å². The Morgan fingerprint density at radius 3 is 2.91 bits per heavy atom. The van der Waals surface area contributed by atoms with E-state index in [1.807, 2.05) is 11.5 Å². The average Bonchev–Trinajstić information content (AvgIpc) is 2.34. The number of nitrogens with two attached hydrogens (primary N) is 1. The highest BCUT2D eigenvalue weighted by molar-refractivity contribution is 5.56. The van der Waals surface area contributed by atoms with Gasteiger partial charge in [0.1, 0.15) is 0 Å². The van der Waals surface area contributed by atoms with E-state index in [9.17, 15) is 0 Å². The molecule has 0 aliphatic heterocycles. The van der Waals surface area contributed by atoms with Gasteiger partial charge in [0.2, 0.25) is 0 Å².